The molecule has 0 radical (unpaired) electrons. The van der Waals surface area contributed by atoms with Gasteiger partial charge in [0.2, 0.25) is 5.71 Å². The monoisotopic (exact) mass is 223 g/mol. The molecule has 4 heteroatoms. The Morgan fingerprint density at radius 1 is 1.38 bits per heavy atom. The second-order valence-electron chi connectivity index (χ2n) is 3.81. The van der Waals surface area contributed by atoms with E-state index in [4.69, 9.17) is 0 Å². The van der Waals surface area contributed by atoms with E-state index in [-0.39, 0.29) is 0 Å². The summed E-state index contributed by atoms with van der Waals surface area (Å²) in [7, 11) is 1.53. The number of hydroxylamine groups is 3. The van der Waals surface area contributed by atoms with Crippen LogP contribution in [0.1, 0.15) is 34.1 Å². The van der Waals surface area contributed by atoms with Gasteiger partial charge in [-0.3, -0.25) is 5.21 Å². The minimum absolute atomic E-state index is 0.572. The van der Waals surface area contributed by atoms with Gasteiger partial charge in [-0.1, -0.05) is 12.8 Å². The second-order valence-corrected chi connectivity index (χ2v) is 3.81. The zero-order valence-corrected chi connectivity index (χ0v) is 10.5. The molecular formula is C12H19N2O2+. The minimum Gasteiger partial charge on any atom is -0.313 e. The molecule has 0 spiro atoms. The van der Waals surface area contributed by atoms with Crippen LogP contribution in [-0.2, 0) is 0 Å². The van der Waals surface area contributed by atoms with Gasteiger partial charge in [0.25, 0.3) is 6.04 Å². The highest BCUT2D eigenvalue weighted by Crippen LogP contribution is 2.14. The van der Waals surface area contributed by atoms with Gasteiger partial charge >= 0.3 is 0 Å². The minimum atomic E-state index is -0.683. The molecule has 0 unspecified atom stereocenters. The van der Waals surface area contributed by atoms with Gasteiger partial charge in [-0.15, -0.1) is 0 Å². The summed E-state index contributed by atoms with van der Waals surface area (Å²) in [6.07, 6.45) is 0.572. The van der Waals surface area contributed by atoms with Gasteiger partial charge in [-0.05, 0) is 26.7 Å². The predicted molar refractivity (Wildman–Crippen MR) is 62.2 cm³/mol. The van der Waals surface area contributed by atoms with Crippen molar-refractivity contribution in [2.24, 2.45) is 0 Å². The third-order valence-corrected chi connectivity index (χ3v) is 2.46. The normalized spacial score (nSPS) is 12.2. The summed E-state index contributed by atoms with van der Waals surface area (Å²) >= 11 is 0. The molecule has 0 aliphatic heterocycles. The molecule has 0 aromatic heterocycles. The lowest BCUT2D eigenvalue weighted by Gasteiger charge is -2.27. The van der Waals surface area contributed by atoms with E-state index >= 15 is 0 Å². The lowest BCUT2D eigenvalue weighted by molar-refractivity contribution is -0.713. The number of hydrogen-bond acceptors (Lipinski definition) is 3. The van der Waals surface area contributed by atoms with Crippen LogP contribution in [0.15, 0.2) is 0 Å². The maximum absolute atomic E-state index is 9.74. The van der Waals surface area contributed by atoms with Crippen LogP contribution >= 0.6 is 0 Å². The lowest BCUT2D eigenvalue weighted by Crippen LogP contribution is -2.48. The molecule has 0 aliphatic carbocycles. The second kappa shape index (κ2) is 6.17. The molecule has 2 N–H and O–H groups in total. The van der Waals surface area contributed by atoms with Gasteiger partial charge in [0.15, 0.2) is 0 Å². The maximum Gasteiger partial charge on any atom is 0.290 e. The van der Waals surface area contributed by atoms with Gasteiger partial charge in [-0.25, -0.2) is 0 Å². The molecule has 4 nitrogen and oxygen atoms in total. The van der Waals surface area contributed by atoms with Crippen LogP contribution in [0.5, 0.6) is 0 Å². The van der Waals surface area contributed by atoms with Crippen molar-refractivity contribution < 1.29 is 15.2 Å². The fourth-order valence-electron chi connectivity index (χ4n) is 1.24. The van der Waals surface area contributed by atoms with Crippen molar-refractivity contribution >= 4 is 5.71 Å². The summed E-state index contributed by atoms with van der Waals surface area (Å²) in [6.45, 7) is 7.15. The van der Waals surface area contributed by atoms with Crippen LogP contribution in [0.2, 0.25) is 0 Å². The van der Waals surface area contributed by atoms with Crippen LogP contribution in [0.25, 0.3) is 0 Å². The first-order valence-electron chi connectivity index (χ1n) is 5.08. The van der Waals surface area contributed by atoms with Gasteiger partial charge in [0.1, 0.15) is 5.54 Å². The average Bonchev–Trinajstić information content (AvgIpc) is 2.18. The van der Waals surface area contributed by atoms with Crippen LogP contribution in [0, 0.1) is 23.8 Å². The van der Waals surface area contributed by atoms with Crippen LogP contribution in [0.4, 0.5) is 0 Å². The topological polar surface area (TPSA) is 46.7 Å². The van der Waals surface area contributed by atoms with Gasteiger partial charge < -0.3 is 5.21 Å². The number of nitrogens with zero attached hydrogens (tertiary/aromatic N) is 2. The molecule has 0 atom stereocenters. The third-order valence-electron chi connectivity index (χ3n) is 2.46. The fraction of sp³-hybridized carbons (Fsp3) is 0.583. The quantitative estimate of drug-likeness (QED) is 0.189. The first kappa shape index (κ1) is 14.5. The van der Waals surface area contributed by atoms with Gasteiger partial charge in [0.05, 0.1) is 10.7 Å². The van der Waals surface area contributed by atoms with Crippen molar-refractivity contribution in [3.05, 3.63) is 0 Å². The van der Waals surface area contributed by atoms with Crippen molar-refractivity contribution in [3.63, 3.8) is 0 Å². The van der Waals surface area contributed by atoms with E-state index in [1.807, 2.05) is 6.92 Å². The molecule has 0 fully saturated rings. The van der Waals surface area contributed by atoms with E-state index in [9.17, 15) is 10.4 Å². The highest BCUT2D eigenvalue weighted by atomic mass is 16.5. The Labute approximate surface area is 97.1 Å². The van der Waals surface area contributed by atoms with E-state index < -0.39 is 5.54 Å². The highest BCUT2D eigenvalue weighted by Gasteiger charge is 2.36. The highest BCUT2D eigenvalue weighted by molar-refractivity contribution is 5.88. The predicted octanol–water partition coefficient (Wildman–Crippen LogP) is 1.32. The third kappa shape index (κ3) is 3.58. The Balaban J connectivity index is 5.33. The van der Waals surface area contributed by atoms with Crippen LogP contribution in [-0.4, -0.2) is 38.5 Å². The summed E-state index contributed by atoms with van der Waals surface area (Å²) in [5.74, 6) is 7.65. The molecule has 0 amide bonds. The Bertz CT molecular complexity index is 387. The lowest BCUT2D eigenvalue weighted by atomic mass is 9.96. The van der Waals surface area contributed by atoms with Crippen molar-refractivity contribution in [2.45, 2.75) is 39.7 Å². The van der Waals surface area contributed by atoms with E-state index in [2.05, 4.69) is 23.8 Å². The standard InChI is InChI=1S/C12H19N2O2/c1-6-8-9-10-14(16)11(7-2)12(3,4)13(5)15/h15-16H,7H2,1-5H3/q+1/b14-11+. The molecular weight excluding hydrogens is 204 g/mol. The Morgan fingerprint density at radius 3 is 2.31 bits per heavy atom. The van der Waals surface area contributed by atoms with Crippen molar-refractivity contribution in [1.82, 2.24) is 5.06 Å². The summed E-state index contributed by atoms with van der Waals surface area (Å²) < 4.78 is 0.830. The molecule has 0 saturated heterocycles. The molecule has 0 aromatic carbocycles. The SMILES string of the molecule is CC#CC#C/[N+](O)=C(/CC)C(C)(C)N(C)O. The number of rotatable bonds is 3. The van der Waals surface area contributed by atoms with E-state index in [1.54, 1.807) is 20.8 Å². The van der Waals surface area contributed by atoms with Crippen molar-refractivity contribution in [3.8, 4) is 23.8 Å². The maximum atomic E-state index is 9.74. The summed E-state index contributed by atoms with van der Waals surface area (Å²) in [6, 6.07) is 2.49. The van der Waals surface area contributed by atoms with E-state index in [0.717, 1.165) is 9.80 Å². The molecule has 0 rings (SSSR count). The zero-order chi connectivity index (χ0) is 12.8. The summed E-state index contributed by atoms with van der Waals surface area (Å²) in [5, 5.41) is 20.3. The van der Waals surface area contributed by atoms with E-state index in [0.29, 0.717) is 12.1 Å². The zero-order valence-electron chi connectivity index (χ0n) is 10.5. The Hall–Kier alpha value is -1.49. The molecule has 0 saturated carbocycles. The first-order chi connectivity index (χ1) is 7.37. The smallest absolute Gasteiger partial charge is 0.290 e. The van der Waals surface area contributed by atoms with E-state index in [1.165, 1.54) is 7.05 Å². The fourth-order valence-corrected chi connectivity index (χ4v) is 1.24. The van der Waals surface area contributed by atoms with Crippen molar-refractivity contribution in [1.29, 1.82) is 0 Å². The van der Waals surface area contributed by atoms with Crippen molar-refractivity contribution in [2.75, 3.05) is 7.05 Å². The Morgan fingerprint density at radius 2 is 1.94 bits per heavy atom. The van der Waals surface area contributed by atoms with Gasteiger partial charge in [-0.2, -0.15) is 5.06 Å². The first-order valence-corrected chi connectivity index (χ1v) is 5.08. The molecule has 0 bridgehead atoms. The Kier molecular flexibility index (Phi) is 5.60. The molecule has 0 aromatic rings. The van der Waals surface area contributed by atoms with Crippen LogP contribution < -0.4 is 0 Å². The molecule has 0 heterocycles. The van der Waals surface area contributed by atoms with Gasteiger partial charge in [0, 0.05) is 13.5 Å². The molecule has 0 aliphatic rings. The molecule has 16 heavy (non-hydrogen) atoms. The largest absolute Gasteiger partial charge is 0.313 e. The molecule has 88 valence electrons. The average molecular weight is 223 g/mol. The number of hydrogen-bond donors (Lipinski definition) is 2. The van der Waals surface area contributed by atoms with Crippen LogP contribution in [0.3, 0.4) is 0 Å². The summed E-state index contributed by atoms with van der Waals surface area (Å²) in [4.78, 5) is 0. The summed E-state index contributed by atoms with van der Waals surface area (Å²) in [5.41, 5.74) is -0.0828.